The van der Waals surface area contributed by atoms with Gasteiger partial charge in [-0.1, -0.05) is 44.2 Å². The SMILES string of the molecule is CC(C)C[C@H](c1nnnn1CCc1ccccc1)[NH+]1CC[NH+](C)CC1. The summed E-state index contributed by atoms with van der Waals surface area (Å²) in [6.07, 6.45) is 2.11. The number of rotatable bonds is 7. The van der Waals surface area contributed by atoms with Crippen molar-refractivity contribution in [3.63, 3.8) is 0 Å². The number of hydrogen-bond acceptors (Lipinski definition) is 3. The van der Waals surface area contributed by atoms with Gasteiger partial charge in [0.2, 0.25) is 5.82 Å². The van der Waals surface area contributed by atoms with Crippen molar-refractivity contribution in [3.05, 3.63) is 41.7 Å². The lowest BCUT2D eigenvalue weighted by Gasteiger charge is -2.33. The molecule has 0 spiro atoms. The van der Waals surface area contributed by atoms with Crippen LogP contribution in [0.15, 0.2) is 30.3 Å². The zero-order valence-electron chi connectivity index (χ0n) is 15.8. The first-order valence-electron chi connectivity index (χ1n) is 9.59. The summed E-state index contributed by atoms with van der Waals surface area (Å²) < 4.78 is 2.04. The number of quaternary nitrogens is 2. The molecule has 0 aliphatic carbocycles. The third-order valence-electron chi connectivity index (χ3n) is 5.27. The van der Waals surface area contributed by atoms with Crippen LogP contribution in [0.3, 0.4) is 0 Å². The van der Waals surface area contributed by atoms with Gasteiger partial charge >= 0.3 is 0 Å². The van der Waals surface area contributed by atoms with Gasteiger partial charge in [-0.3, -0.25) is 0 Å². The molecule has 1 aliphatic heterocycles. The Morgan fingerprint density at radius 2 is 1.80 bits per heavy atom. The molecule has 25 heavy (non-hydrogen) atoms. The maximum Gasteiger partial charge on any atom is 0.209 e. The first-order valence-corrected chi connectivity index (χ1v) is 9.59. The Hall–Kier alpha value is -1.79. The van der Waals surface area contributed by atoms with Crippen molar-refractivity contribution < 1.29 is 9.80 Å². The van der Waals surface area contributed by atoms with Gasteiger partial charge in [0.05, 0.1) is 7.05 Å². The summed E-state index contributed by atoms with van der Waals surface area (Å²) in [4.78, 5) is 3.28. The maximum atomic E-state index is 4.45. The minimum Gasteiger partial charge on any atom is -0.328 e. The fraction of sp³-hybridized carbons (Fsp3) is 0.632. The number of aryl methyl sites for hydroxylation is 2. The first-order chi connectivity index (χ1) is 12.1. The van der Waals surface area contributed by atoms with Gasteiger partial charge < -0.3 is 9.80 Å². The summed E-state index contributed by atoms with van der Waals surface area (Å²) in [6.45, 7) is 10.3. The van der Waals surface area contributed by atoms with E-state index < -0.39 is 0 Å². The zero-order valence-corrected chi connectivity index (χ0v) is 15.8. The van der Waals surface area contributed by atoms with Gasteiger partial charge in [0, 0.05) is 13.0 Å². The van der Waals surface area contributed by atoms with E-state index in [0.717, 1.165) is 25.2 Å². The van der Waals surface area contributed by atoms with Crippen molar-refractivity contribution in [1.82, 2.24) is 20.2 Å². The van der Waals surface area contributed by atoms with E-state index in [4.69, 9.17) is 0 Å². The molecule has 0 bridgehead atoms. The predicted octanol–water partition coefficient (Wildman–Crippen LogP) is -0.584. The highest BCUT2D eigenvalue weighted by Crippen LogP contribution is 2.16. The van der Waals surface area contributed by atoms with Crippen LogP contribution in [0.25, 0.3) is 0 Å². The van der Waals surface area contributed by atoms with Gasteiger partial charge in [-0.2, -0.15) is 0 Å². The number of nitrogens with one attached hydrogen (secondary N) is 2. The highest BCUT2D eigenvalue weighted by atomic mass is 15.5. The van der Waals surface area contributed by atoms with Crippen molar-refractivity contribution in [1.29, 1.82) is 0 Å². The van der Waals surface area contributed by atoms with Gasteiger partial charge in [0.25, 0.3) is 0 Å². The minimum absolute atomic E-state index is 0.402. The fourth-order valence-electron chi connectivity index (χ4n) is 3.77. The van der Waals surface area contributed by atoms with E-state index >= 15 is 0 Å². The highest BCUT2D eigenvalue weighted by molar-refractivity contribution is 5.14. The van der Waals surface area contributed by atoms with Gasteiger partial charge in [-0.25, -0.2) is 4.68 Å². The normalized spacial score (nSPS) is 22.2. The number of benzene rings is 1. The lowest BCUT2D eigenvalue weighted by Crippen LogP contribution is -3.27. The third-order valence-corrected chi connectivity index (χ3v) is 5.27. The van der Waals surface area contributed by atoms with Crippen LogP contribution in [-0.2, 0) is 13.0 Å². The fourth-order valence-corrected chi connectivity index (χ4v) is 3.77. The van der Waals surface area contributed by atoms with Crippen molar-refractivity contribution in [3.8, 4) is 0 Å². The van der Waals surface area contributed by atoms with E-state index in [0.29, 0.717) is 12.0 Å². The largest absolute Gasteiger partial charge is 0.328 e. The topological polar surface area (TPSA) is 52.5 Å². The second-order valence-corrected chi connectivity index (χ2v) is 7.79. The van der Waals surface area contributed by atoms with Crippen LogP contribution in [0, 0.1) is 5.92 Å². The number of tetrazole rings is 1. The molecule has 0 radical (unpaired) electrons. The molecule has 0 saturated carbocycles. The average Bonchev–Trinajstić information content (AvgIpc) is 3.08. The number of hydrogen-bond donors (Lipinski definition) is 2. The van der Waals surface area contributed by atoms with E-state index in [1.165, 1.54) is 31.7 Å². The number of aromatic nitrogens is 4. The van der Waals surface area contributed by atoms with Crippen LogP contribution < -0.4 is 9.80 Å². The monoisotopic (exact) mass is 344 g/mol. The van der Waals surface area contributed by atoms with Crippen molar-refractivity contribution in [2.24, 2.45) is 5.92 Å². The van der Waals surface area contributed by atoms with Gasteiger partial charge in [0.15, 0.2) is 6.04 Å². The Morgan fingerprint density at radius 3 is 2.48 bits per heavy atom. The second-order valence-electron chi connectivity index (χ2n) is 7.79. The molecule has 2 N–H and O–H groups in total. The van der Waals surface area contributed by atoms with Crippen molar-refractivity contribution >= 4 is 0 Å². The number of nitrogens with zero attached hydrogens (tertiary/aromatic N) is 4. The lowest BCUT2D eigenvalue weighted by molar-refractivity contribution is -1.02. The van der Waals surface area contributed by atoms with E-state index in [-0.39, 0.29) is 0 Å². The molecule has 1 aromatic heterocycles. The molecule has 1 aromatic carbocycles. The smallest absolute Gasteiger partial charge is 0.209 e. The molecule has 0 amide bonds. The van der Waals surface area contributed by atoms with Crippen LogP contribution in [0.2, 0.25) is 0 Å². The molecule has 136 valence electrons. The Bertz CT molecular complexity index is 630. The summed E-state index contributed by atoms with van der Waals surface area (Å²) in [7, 11) is 2.29. The van der Waals surface area contributed by atoms with Crippen LogP contribution in [-0.4, -0.2) is 53.4 Å². The van der Waals surface area contributed by atoms with Gasteiger partial charge in [-0.15, -0.1) is 5.10 Å². The molecule has 1 atom stereocenters. The third kappa shape index (κ3) is 4.86. The standard InChI is InChI=1S/C19H30N6/c1-16(2)15-18(24-13-11-23(3)12-14-24)19-20-21-22-25(19)10-9-17-7-5-4-6-8-17/h4-8,16,18H,9-15H2,1-3H3/p+2/t18-/m1/s1. The van der Waals surface area contributed by atoms with Crippen molar-refractivity contribution in [2.75, 3.05) is 33.2 Å². The Morgan fingerprint density at radius 1 is 1.08 bits per heavy atom. The highest BCUT2D eigenvalue weighted by Gasteiger charge is 2.33. The summed E-state index contributed by atoms with van der Waals surface area (Å²) in [6, 6.07) is 11.0. The Kier molecular flexibility index (Phi) is 6.15. The first kappa shape index (κ1) is 18.0. The molecular weight excluding hydrogens is 312 g/mol. The molecule has 1 saturated heterocycles. The molecule has 6 nitrogen and oxygen atoms in total. The van der Waals surface area contributed by atoms with Gasteiger partial charge in [-0.05, 0) is 28.3 Å². The summed E-state index contributed by atoms with van der Waals surface area (Å²) >= 11 is 0. The predicted molar refractivity (Wildman–Crippen MR) is 97.5 cm³/mol. The zero-order chi connectivity index (χ0) is 17.6. The maximum absolute atomic E-state index is 4.45. The average molecular weight is 345 g/mol. The molecule has 2 aromatic rings. The van der Waals surface area contributed by atoms with E-state index in [1.807, 2.05) is 4.68 Å². The van der Waals surface area contributed by atoms with Gasteiger partial charge in [0.1, 0.15) is 26.2 Å². The molecule has 1 aliphatic rings. The van der Waals surface area contributed by atoms with Crippen molar-refractivity contribution in [2.45, 2.75) is 39.3 Å². The van der Waals surface area contributed by atoms with E-state index in [1.54, 1.807) is 9.80 Å². The minimum atomic E-state index is 0.402. The van der Waals surface area contributed by atoms with Crippen LogP contribution in [0.1, 0.15) is 37.7 Å². The summed E-state index contributed by atoms with van der Waals surface area (Å²) in [5.41, 5.74) is 1.33. The molecule has 0 unspecified atom stereocenters. The summed E-state index contributed by atoms with van der Waals surface area (Å²) in [5.74, 6) is 1.71. The molecule has 2 heterocycles. The quantitative estimate of drug-likeness (QED) is 0.706. The van der Waals surface area contributed by atoms with Crippen LogP contribution >= 0.6 is 0 Å². The second kappa shape index (κ2) is 8.54. The molecular formula is C19H32N6+2. The Labute approximate surface area is 150 Å². The van der Waals surface area contributed by atoms with E-state index in [9.17, 15) is 0 Å². The van der Waals surface area contributed by atoms with E-state index in [2.05, 4.69) is 66.8 Å². The van der Waals surface area contributed by atoms with Crippen LogP contribution in [0.4, 0.5) is 0 Å². The molecule has 6 heteroatoms. The lowest BCUT2D eigenvalue weighted by atomic mass is 10.0. The van der Waals surface area contributed by atoms with Crippen LogP contribution in [0.5, 0.6) is 0 Å². The number of piperazine rings is 1. The summed E-state index contributed by atoms with van der Waals surface area (Å²) in [5, 5.41) is 12.8. The molecule has 3 rings (SSSR count). The number of likely N-dealkylation sites (N-methyl/N-ethyl adjacent to an activating group) is 1. The molecule has 1 fully saturated rings. The Balaban J connectivity index is 1.73.